The van der Waals surface area contributed by atoms with E-state index in [1.807, 2.05) is 19.1 Å². The molecule has 34 heavy (non-hydrogen) atoms. The van der Waals surface area contributed by atoms with Crippen molar-refractivity contribution in [2.24, 2.45) is 11.3 Å². The Hall–Kier alpha value is -2.99. The monoisotopic (exact) mass is 461 g/mol. The molecule has 0 amide bonds. The van der Waals surface area contributed by atoms with Crippen LogP contribution >= 0.6 is 0 Å². The van der Waals surface area contributed by atoms with Crippen LogP contribution in [0.15, 0.2) is 47.0 Å². The minimum Gasteiger partial charge on any atom is -0.481 e. The summed E-state index contributed by atoms with van der Waals surface area (Å²) in [5.41, 5.74) is 5.10. The third kappa shape index (κ3) is 5.22. The number of aliphatic carboxylic acids is 1. The van der Waals surface area contributed by atoms with Gasteiger partial charge in [0.15, 0.2) is 0 Å². The van der Waals surface area contributed by atoms with Gasteiger partial charge in [-0.3, -0.25) is 9.69 Å². The third-order valence-corrected chi connectivity index (χ3v) is 7.21. The lowest BCUT2D eigenvalue weighted by atomic mass is 9.76. The van der Waals surface area contributed by atoms with Crippen LogP contribution in [0.1, 0.15) is 56.7 Å². The molecule has 0 bridgehead atoms. The Morgan fingerprint density at radius 2 is 1.79 bits per heavy atom. The molecule has 2 aromatic carbocycles. The fourth-order valence-electron chi connectivity index (χ4n) is 4.83. The van der Waals surface area contributed by atoms with E-state index < -0.39 is 11.4 Å². The highest BCUT2D eigenvalue weighted by atomic mass is 16.5. The summed E-state index contributed by atoms with van der Waals surface area (Å²) in [6.45, 7) is 11.0. The number of piperidine rings is 1. The van der Waals surface area contributed by atoms with Gasteiger partial charge >= 0.3 is 5.97 Å². The maximum absolute atomic E-state index is 11.7. The summed E-state index contributed by atoms with van der Waals surface area (Å²) in [5, 5.41) is 13.8. The zero-order valence-electron chi connectivity index (χ0n) is 20.7. The maximum atomic E-state index is 11.7. The zero-order chi connectivity index (χ0) is 24.3. The van der Waals surface area contributed by atoms with Crippen molar-refractivity contribution >= 4 is 5.97 Å². The second kappa shape index (κ2) is 10.1. The van der Waals surface area contributed by atoms with Crippen LogP contribution in [-0.2, 0) is 17.8 Å². The topological polar surface area (TPSA) is 79.5 Å². The van der Waals surface area contributed by atoms with Crippen LogP contribution in [0.25, 0.3) is 22.8 Å². The number of carboxylic acids is 1. The van der Waals surface area contributed by atoms with Crippen molar-refractivity contribution in [3.8, 4) is 22.8 Å². The molecule has 1 aliphatic heterocycles. The van der Waals surface area contributed by atoms with Crippen LogP contribution in [0, 0.1) is 18.3 Å². The Bertz CT molecular complexity index is 1130. The first-order valence-corrected chi connectivity index (χ1v) is 12.3. The number of hydrogen-bond acceptors (Lipinski definition) is 5. The van der Waals surface area contributed by atoms with Gasteiger partial charge in [0, 0.05) is 17.7 Å². The highest BCUT2D eigenvalue weighted by Crippen LogP contribution is 2.35. The maximum Gasteiger partial charge on any atom is 0.309 e. The Morgan fingerprint density at radius 1 is 1.12 bits per heavy atom. The average molecular weight is 462 g/mol. The van der Waals surface area contributed by atoms with Crippen LogP contribution in [0.3, 0.4) is 0 Å². The lowest BCUT2D eigenvalue weighted by Gasteiger charge is -2.38. The van der Waals surface area contributed by atoms with Gasteiger partial charge in [-0.25, -0.2) is 0 Å². The fraction of sp³-hybridized carbons (Fsp3) is 0.464. The molecule has 1 aromatic heterocycles. The normalized spacial score (nSPS) is 16.1. The van der Waals surface area contributed by atoms with Crippen LogP contribution < -0.4 is 0 Å². The Morgan fingerprint density at radius 3 is 2.38 bits per heavy atom. The molecule has 1 fully saturated rings. The van der Waals surface area contributed by atoms with Crippen LogP contribution in [-0.4, -0.2) is 39.2 Å². The van der Waals surface area contributed by atoms with Gasteiger partial charge in [0.1, 0.15) is 0 Å². The zero-order valence-corrected chi connectivity index (χ0v) is 20.7. The van der Waals surface area contributed by atoms with Gasteiger partial charge in [-0.1, -0.05) is 56.3 Å². The van der Waals surface area contributed by atoms with E-state index in [1.165, 1.54) is 16.7 Å². The molecule has 2 heterocycles. The minimum absolute atomic E-state index is 0.532. The molecule has 1 aliphatic rings. The molecule has 180 valence electrons. The summed E-state index contributed by atoms with van der Waals surface area (Å²) < 4.78 is 5.56. The predicted octanol–water partition coefficient (Wildman–Crippen LogP) is 5.99. The highest BCUT2D eigenvalue weighted by Gasteiger charge is 2.39. The summed E-state index contributed by atoms with van der Waals surface area (Å²) >= 11 is 0. The minimum atomic E-state index is -0.653. The molecule has 0 unspecified atom stereocenters. The van der Waals surface area contributed by atoms with Crippen molar-refractivity contribution in [1.82, 2.24) is 15.0 Å². The number of nitrogens with zero attached hydrogens (tertiary/aromatic N) is 3. The van der Waals surface area contributed by atoms with E-state index >= 15 is 0 Å². The van der Waals surface area contributed by atoms with E-state index in [0.717, 1.165) is 37.2 Å². The van der Waals surface area contributed by atoms with E-state index in [2.05, 4.69) is 66.1 Å². The van der Waals surface area contributed by atoms with Gasteiger partial charge in [0.2, 0.25) is 5.82 Å². The molecular weight excluding hydrogens is 426 g/mol. The Labute approximate surface area is 202 Å². The van der Waals surface area contributed by atoms with Crippen molar-refractivity contribution in [2.45, 2.75) is 59.9 Å². The number of carbonyl (C=O) groups is 1. The molecule has 1 saturated heterocycles. The summed E-state index contributed by atoms with van der Waals surface area (Å²) in [6.07, 6.45) is 3.17. The second-order valence-electron chi connectivity index (χ2n) is 10.1. The smallest absolute Gasteiger partial charge is 0.309 e. The SMILES string of the molecule is CCC1(C(=O)O)CCN(Cc2ccc(-c3noc(-c4ccc(CC(C)C)c(C)c4)n3)cc2)CC1. The van der Waals surface area contributed by atoms with Crippen molar-refractivity contribution in [3.63, 3.8) is 0 Å². The molecule has 0 radical (unpaired) electrons. The third-order valence-electron chi connectivity index (χ3n) is 7.21. The number of aryl methyl sites for hydroxylation is 1. The first-order chi connectivity index (χ1) is 16.3. The van der Waals surface area contributed by atoms with Crippen molar-refractivity contribution in [2.75, 3.05) is 13.1 Å². The predicted molar refractivity (Wildman–Crippen MR) is 133 cm³/mol. The van der Waals surface area contributed by atoms with E-state index in [1.54, 1.807) is 0 Å². The van der Waals surface area contributed by atoms with E-state index in [-0.39, 0.29) is 0 Å². The summed E-state index contributed by atoms with van der Waals surface area (Å²) in [4.78, 5) is 18.6. The molecular formula is C28H35N3O3. The summed E-state index contributed by atoms with van der Waals surface area (Å²) in [5.74, 6) is 1.08. The van der Waals surface area contributed by atoms with Gasteiger partial charge in [-0.05, 0) is 80.4 Å². The van der Waals surface area contributed by atoms with E-state index in [9.17, 15) is 9.90 Å². The van der Waals surface area contributed by atoms with Crippen molar-refractivity contribution in [3.05, 3.63) is 59.2 Å². The largest absolute Gasteiger partial charge is 0.481 e. The molecule has 6 heteroatoms. The first kappa shape index (κ1) is 24.1. The fourth-order valence-corrected chi connectivity index (χ4v) is 4.83. The number of carboxylic acid groups (broad SMARTS) is 1. The number of aromatic nitrogens is 2. The molecule has 1 N–H and O–H groups in total. The quantitative estimate of drug-likeness (QED) is 0.444. The Kier molecular flexibility index (Phi) is 7.17. The Balaban J connectivity index is 1.40. The molecule has 0 saturated carbocycles. The van der Waals surface area contributed by atoms with Gasteiger partial charge in [0.05, 0.1) is 5.41 Å². The number of rotatable bonds is 8. The molecule has 0 aliphatic carbocycles. The number of hydrogen-bond donors (Lipinski definition) is 1. The molecule has 0 spiro atoms. The van der Waals surface area contributed by atoms with Crippen molar-refractivity contribution < 1.29 is 14.4 Å². The summed E-state index contributed by atoms with van der Waals surface area (Å²) in [6, 6.07) is 14.6. The lowest BCUT2D eigenvalue weighted by molar-refractivity contribution is -0.152. The lowest BCUT2D eigenvalue weighted by Crippen LogP contribution is -2.43. The first-order valence-electron chi connectivity index (χ1n) is 12.3. The standard InChI is InChI=1S/C28H35N3O3/c1-5-28(27(32)33)12-14-31(15-13-28)18-21-6-8-22(9-7-21)25-29-26(34-30-25)24-11-10-23(16-19(2)3)20(4)17-24/h6-11,17,19H,5,12-16,18H2,1-4H3,(H,32,33). The molecule has 3 aromatic rings. The van der Waals surface area contributed by atoms with E-state index in [0.29, 0.717) is 36.9 Å². The van der Waals surface area contributed by atoms with Crippen LogP contribution in [0.5, 0.6) is 0 Å². The van der Waals surface area contributed by atoms with Gasteiger partial charge in [-0.15, -0.1) is 0 Å². The molecule has 6 nitrogen and oxygen atoms in total. The van der Waals surface area contributed by atoms with Gasteiger partial charge in [-0.2, -0.15) is 4.98 Å². The van der Waals surface area contributed by atoms with Gasteiger partial charge < -0.3 is 9.63 Å². The molecule has 4 rings (SSSR count). The van der Waals surface area contributed by atoms with Gasteiger partial charge in [0.25, 0.3) is 5.89 Å². The molecule has 0 atom stereocenters. The van der Waals surface area contributed by atoms with Crippen LogP contribution in [0.2, 0.25) is 0 Å². The second-order valence-corrected chi connectivity index (χ2v) is 10.1. The van der Waals surface area contributed by atoms with E-state index in [4.69, 9.17) is 4.52 Å². The highest BCUT2D eigenvalue weighted by molar-refractivity contribution is 5.74. The number of benzene rings is 2. The number of likely N-dealkylation sites (tertiary alicyclic amines) is 1. The average Bonchev–Trinajstić information content (AvgIpc) is 3.31. The van der Waals surface area contributed by atoms with Crippen molar-refractivity contribution in [1.29, 1.82) is 0 Å². The summed E-state index contributed by atoms with van der Waals surface area (Å²) in [7, 11) is 0. The van der Waals surface area contributed by atoms with Crippen LogP contribution in [0.4, 0.5) is 0 Å².